The molecule has 0 unspecified atom stereocenters. The van der Waals surface area contributed by atoms with Gasteiger partial charge in [-0.15, -0.1) is 0 Å². The van der Waals surface area contributed by atoms with Crippen LogP contribution in [0.3, 0.4) is 0 Å². The van der Waals surface area contributed by atoms with Crippen LogP contribution in [0.2, 0.25) is 0 Å². The van der Waals surface area contributed by atoms with Crippen molar-refractivity contribution in [1.29, 1.82) is 0 Å². The largest absolute Gasteiger partial charge is 0.424 e. The number of rotatable bonds is 4. The molecular weight excluding hydrogens is 281 g/mol. The summed E-state index contributed by atoms with van der Waals surface area (Å²) in [5, 5.41) is 9.84. The Labute approximate surface area is 122 Å². The van der Waals surface area contributed by atoms with E-state index < -0.39 is 23.6 Å². The zero-order chi connectivity index (χ0) is 15.6. The van der Waals surface area contributed by atoms with Crippen molar-refractivity contribution in [2.75, 3.05) is 0 Å². The topological polar surface area (TPSA) is 37.3 Å². The molecule has 1 atom stereocenters. The first kappa shape index (κ1) is 16.0. The highest BCUT2D eigenvalue weighted by Gasteiger charge is 2.57. The Morgan fingerprint density at radius 3 is 2.14 bits per heavy atom. The van der Waals surface area contributed by atoms with Crippen molar-refractivity contribution in [3.63, 3.8) is 0 Å². The summed E-state index contributed by atoms with van der Waals surface area (Å²) in [6.45, 7) is 0. The number of benzene rings is 1. The van der Waals surface area contributed by atoms with E-state index in [2.05, 4.69) is 0 Å². The maximum Gasteiger partial charge on any atom is 0.424 e. The molecule has 0 spiro atoms. The van der Waals surface area contributed by atoms with Gasteiger partial charge in [-0.05, 0) is 23.8 Å². The van der Waals surface area contributed by atoms with Crippen LogP contribution in [0.4, 0.5) is 13.2 Å². The van der Waals surface area contributed by atoms with Crippen LogP contribution in [-0.4, -0.2) is 23.2 Å². The minimum Gasteiger partial charge on any atom is -0.374 e. The molecular formula is C16H19F3O2. The fourth-order valence-corrected chi connectivity index (χ4v) is 3.31. The zero-order valence-electron chi connectivity index (χ0n) is 11.7. The lowest BCUT2D eigenvalue weighted by atomic mass is 9.64. The second kappa shape index (κ2) is 5.79. The van der Waals surface area contributed by atoms with Crippen molar-refractivity contribution in [1.82, 2.24) is 0 Å². The summed E-state index contributed by atoms with van der Waals surface area (Å²) in [6.07, 6.45) is -2.20. The van der Waals surface area contributed by atoms with Crippen LogP contribution in [0.25, 0.3) is 0 Å². The molecule has 0 bridgehead atoms. The van der Waals surface area contributed by atoms with Crippen LogP contribution in [-0.2, 0) is 10.2 Å². The van der Waals surface area contributed by atoms with E-state index in [1.54, 1.807) is 30.3 Å². The molecule has 1 N–H and O–H groups in total. The molecule has 0 amide bonds. The standard InChI is InChI=1S/C16H19F3O2/c17-16(18,19)15(21,12-20)11-14(9-5-2-6-10-14)13-7-3-1-4-8-13/h1,3-4,7-8,12,21H,2,5-6,9-11H2/t15-/m1/s1. The van der Waals surface area contributed by atoms with Gasteiger partial charge < -0.3 is 5.11 Å². The maximum absolute atomic E-state index is 13.1. The van der Waals surface area contributed by atoms with Crippen LogP contribution in [0.5, 0.6) is 0 Å². The molecule has 1 aromatic rings. The average molecular weight is 300 g/mol. The Morgan fingerprint density at radius 2 is 1.67 bits per heavy atom. The molecule has 0 heterocycles. The Hall–Kier alpha value is -1.36. The van der Waals surface area contributed by atoms with Crippen molar-refractivity contribution in [3.8, 4) is 0 Å². The van der Waals surface area contributed by atoms with Crippen LogP contribution in [0.15, 0.2) is 30.3 Å². The van der Waals surface area contributed by atoms with Crippen molar-refractivity contribution >= 4 is 6.29 Å². The van der Waals surface area contributed by atoms with Crippen molar-refractivity contribution < 1.29 is 23.1 Å². The average Bonchev–Trinajstić information content (AvgIpc) is 2.48. The summed E-state index contributed by atoms with van der Waals surface area (Å²) in [5.41, 5.74) is -3.29. The first-order chi connectivity index (χ1) is 9.83. The third-order valence-electron chi connectivity index (χ3n) is 4.49. The number of aldehydes is 1. The van der Waals surface area contributed by atoms with Crippen LogP contribution in [0, 0.1) is 0 Å². The summed E-state index contributed by atoms with van der Waals surface area (Å²) in [7, 11) is 0. The van der Waals surface area contributed by atoms with E-state index in [9.17, 15) is 23.1 Å². The first-order valence-corrected chi connectivity index (χ1v) is 7.14. The van der Waals surface area contributed by atoms with Gasteiger partial charge in [-0.1, -0.05) is 49.6 Å². The van der Waals surface area contributed by atoms with Crippen LogP contribution in [0.1, 0.15) is 44.1 Å². The normalized spacial score (nSPS) is 21.5. The van der Waals surface area contributed by atoms with Gasteiger partial charge in [0.05, 0.1) is 0 Å². The fourth-order valence-electron chi connectivity index (χ4n) is 3.31. The van der Waals surface area contributed by atoms with Gasteiger partial charge in [0.1, 0.15) is 0 Å². The predicted octanol–water partition coefficient (Wildman–Crippen LogP) is 3.77. The fraction of sp³-hybridized carbons (Fsp3) is 0.562. The molecule has 1 fully saturated rings. The van der Waals surface area contributed by atoms with E-state index in [-0.39, 0.29) is 6.29 Å². The van der Waals surface area contributed by atoms with E-state index in [0.717, 1.165) is 24.8 Å². The number of alkyl halides is 3. The molecule has 2 nitrogen and oxygen atoms in total. The Morgan fingerprint density at radius 1 is 1.10 bits per heavy atom. The molecule has 1 aromatic carbocycles. The molecule has 1 saturated carbocycles. The second-order valence-electron chi connectivity index (χ2n) is 5.92. The van der Waals surface area contributed by atoms with Gasteiger partial charge in [-0.2, -0.15) is 13.2 Å². The number of hydrogen-bond acceptors (Lipinski definition) is 2. The quantitative estimate of drug-likeness (QED) is 0.859. The predicted molar refractivity (Wildman–Crippen MR) is 72.9 cm³/mol. The first-order valence-electron chi connectivity index (χ1n) is 7.14. The summed E-state index contributed by atoms with van der Waals surface area (Å²) >= 11 is 0. The number of aliphatic hydroxyl groups is 1. The van der Waals surface area contributed by atoms with Crippen LogP contribution >= 0.6 is 0 Å². The Kier molecular flexibility index (Phi) is 4.42. The van der Waals surface area contributed by atoms with Crippen molar-refractivity contribution in [2.45, 2.75) is 55.7 Å². The molecule has 21 heavy (non-hydrogen) atoms. The molecule has 0 radical (unpaired) electrons. The lowest BCUT2D eigenvalue weighted by molar-refractivity contribution is -0.251. The molecule has 5 heteroatoms. The minimum atomic E-state index is -4.95. The van der Waals surface area contributed by atoms with Gasteiger partial charge >= 0.3 is 6.18 Å². The molecule has 0 saturated heterocycles. The third-order valence-corrected chi connectivity index (χ3v) is 4.49. The molecule has 2 rings (SSSR count). The number of hydrogen-bond donors (Lipinski definition) is 1. The highest BCUT2D eigenvalue weighted by Crippen LogP contribution is 2.47. The second-order valence-corrected chi connectivity index (χ2v) is 5.92. The van der Waals surface area contributed by atoms with E-state index >= 15 is 0 Å². The summed E-state index contributed by atoms with van der Waals surface area (Å²) < 4.78 is 39.2. The SMILES string of the molecule is O=C[C@](O)(CC1(c2ccccc2)CCCCC1)C(F)(F)F. The molecule has 0 aromatic heterocycles. The Bertz CT molecular complexity index is 478. The Balaban J connectivity index is 2.40. The smallest absolute Gasteiger partial charge is 0.374 e. The van der Waals surface area contributed by atoms with E-state index in [1.807, 2.05) is 0 Å². The summed E-state index contributed by atoms with van der Waals surface area (Å²) in [5.74, 6) is 0. The van der Waals surface area contributed by atoms with Gasteiger partial charge in [0.25, 0.3) is 0 Å². The van der Waals surface area contributed by atoms with Crippen LogP contribution < -0.4 is 0 Å². The number of halogens is 3. The van der Waals surface area contributed by atoms with E-state index in [1.165, 1.54) is 0 Å². The van der Waals surface area contributed by atoms with E-state index in [4.69, 9.17) is 0 Å². The summed E-state index contributed by atoms with van der Waals surface area (Å²) in [6, 6.07) is 8.92. The summed E-state index contributed by atoms with van der Waals surface area (Å²) in [4.78, 5) is 11.0. The zero-order valence-corrected chi connectivity index (χ0v) is 11.7. The van der Waals surface area contributed by atoms with Crippen molar-refractivity contribution in [3.05, 3.63) is 35.9 Å². The third kappa shape index (κ3) is 3.12. The van der Waals surface area contributed by atoms with Gasteiger partial charge in [0, 0.05) is 6.42 Å². The molecule has 1 aliphatic carbocycles. The highest BCUT2D eigenvalue weighted by atomic mass is 19.4. The molecule has 1 aliphatic rings. The van der Waals surface area contributed by atoms with Gasteiger partial charge in [0.15, 0.2) is 6.29 Å². The maximum atomic E-state index is 13.1. The van der Waals surface area contributed by atoms with Crippen molar-refractivity contribution in [2.24, 2.45) is 0 Å². The number of carbonyl (C=O) groups excluding carboxylic acids is 1. The van der Waals surface area contributed by atoms with Gasteiger partial charge in [-0.25, -0.2) is 0 Å². The minimum absolute atomic E-state index is 0.355. The number of carbonyl (C=O) groups is 1. The molecule has 116 valence electrons. The molecule has 0 aliphatic heterocycles. The lowest BCUT2D eigenvalue weighted by Gasteiger charge is -2.42. The van der Waals surface area contributed by atoms with Gasteiger partial charge in [0.2, 0.25) is 5.60 Å². The highest BCUT2D eigenvalue weighted by molar-refractivity contribution is 5.64. The monoisotopic (exact) mass is 300 g/mol. The lowest BCUT2D eigenvalue weighted by Crippen LogP contribution is -2.52. The van der Waals surface area contributed by atoms with Gasteiger partial charge in [-0.3, -0.25) is 4.79 Å². The van der Waals surface area contributed by atoms with E-state index in [0.29, 0.717) is 12.8 Å².